The van der Waals surface area contributed by atoms with Gasteiger partial charge in [0.2, 0.25) is 0 Å². The molecule has 0 saturated carbocycles. The van der Waals surface area contributed by atoms with E-state index >= 15 is 0 Å². The summed E-state index contributed by atoms with van der Waals surface area (Å²) >= 11 is 33.7. The number of carbonyl (C=O) groups is 1. The predicted molar refractivity (Wildman–Crippen MR) is 173 cm³/mol. The van der Waals surface area contributed by atoms with Crippen molar-refractivity contribution in [2.45, 2.75) is 5.60 Å². The van der Waals surface area contributed by atoms with Gasteiger partial charge < -0.3 is 19.7 Å². The first-order valence-corrected chi connectivity index (χ1v) is 14.5. The van der Waals surface area contributed by atoms with Gasteiger partial charge >= 0.3 is 109 Å². The van der Waals surface area contributed by atoms with E-state index in [2.05, 4.69) is 0 Å². The number of benzene rings is 3. The Kier molecular flexibility index (Phi) is 11.7. The molecule has 0 bridgehead atoms. The molecule has 0 aromatic heterocycles. The van der Waals surface area contributed by atoms with E-state index < -0.39 is 11.6 Å². The van der Waals surface area contributed by atoms with E-state index in [-0.39, 0.29) is 157 Å². The number of ether oxygens (including phenoxy) is 2. The van der Waals surface area contributed by atoms with E-state index in [1.807, 2.05) is 90.4 Å². The van der Waals surface area contributed by atoms with Gasteiger partial charge in [-0.15, -0.1) is 0 Å². The van der Waals surface area contributed by atoms with Crippen LogP contribution in [-0.4, -0.2) is 119 Å². The summed E-state index contributed by atoms with van der Waals surface area (Å²) in [6.07, 6.45) is 0. The zero-order valence-corrected chi connectivity index (χ0v) is 27.0. The molecular weight excluding hydrogens is 1050 g/mol. The van der Waals surface area contributed by atoms with E-state index in [0.29, 0.717) is 25.4 Å². The molecule has 5 nitrogen and oxygen atoms in total. The fourth-order valence-corrected chi connectivity index (χ4v) is 8.57. The van der Waals surface area contributed by atoms with Gasteiger partial charge in [0.1, 0.15) is 11.5 Å². The minimum atomic E-state index is -1.62. The first kappa shape index (κ1) is 33.4. The van der Waals surface area contributed by atoms with Crippen molar-refractivity contribution in [3.8, 4) is 23.0 Å². The average Bonchev–Trinajstić information content (AvgIpc) is 3.08. The number of rotatable bonds is 0. The molecule has 0 radical (unpaired) electrons. The molecule has 15 heteroatoms. The van der Waals surface area contributed by atoms with Crippen LogP contribution in [0.2, 0.25) is 20.1 Å². The van der Waals surface area contributed by atoms with Gasteiger partial charge in [-0.1, -0.05) is 46.4 Å². The van der Waals surface area contributed by atoms with Gasteiger partial charge in [0.15, 0.2) is 17.1 Å². The summed E-state index contributed by atoms with van der Waals surface area (Å²) in [6, 6.07) is 3.30. The van der Waals surface area contributed by atoms with Crippen molar-refractivity contribution in [3.63, 3.8) is 0 Å². The van der Waals surface area contributed by atoms with Crippen LogP contribution in [0.1, 0.15) is 27.0 Å². The Bertz CT molecular complexity index is 1410. The second-order valence-electron chi connectivity index (χ2n) is 6.97. The van der Waals surface area contributed by atoms with Crippen LogP contribution in [0.4, 0.5) is 0 Å². The molecule has 0 unspecified atom stereocenters. The van der Waals surface area contributed by atoms with Crippen LogP contribution in [-0.2, 0) is 10.3 Å². The summed E-state index contributed by atoms with van der Waals surface area (Å²) in [5.74, 6) is -0.246. The van der Waals surface area contributed by atoms with Gasteiger partial charge in [-0.25, -0.2) is 4.79 Å². The SMILES string of the molecule is O=C1OC2(c3cc(I)c(O)c(I)c3Oc3c2cc(I)c(O)c3I)c2c(Cl)c(Cl)c(Cl)c(Cl)c21.[KH].[KH]. The molecule has 2 aliphatic heterocycles. The van der Waals surface area contributed by atoms with Gasteiger partial charge in [0, 0.05) is 5.56 Å². The van der Waals surface area contributed by atoms with E-state index in [4.69, 9.17) is 55.9 Å². The summed E-state index contributed by atoms with van der Waals surface area (Å²) in [4.78, 5) is 13.3. The van der Waals surface area contributed by atoms with E-state index in [1.54, 1.807) is 12.1 Å². The molecule has 0 amide bonds. The maximum absolute atomic E-state index is 13.3. The van der Waals surface area contributed by atoms with Gasteiger partial charge in [0.05, 0.1) is 51.1 Å². The van der Waals surface area contributed by atoms with Crippen LogP contribution >= 0.6 is 137 Å². The summed E-state index contributed by atoms with van der Waals surface area (Å²) in [6.45, 7) is 0. The second-order valence-corrected chi connectivity index (χ2v) is 13.0. The number of phenols is 2. The van der Waals surface area contributed by atoms with Crippen LogP contribution < -0.4 is 4.74 Å². The Morgan fingerprint density at radius 2 is 1.17 bits per heavy atom. The van der Waals surface area contributed by atoms with Gasteiger partial charge in [-0.2, -0.15) is 0 Å². The van der Waals surface area contributed by atoms with Crippen molar-refractivity contribution in [1.29, 1.82) is 0 Å². The third-order valence-corrected chi connectivity index (χ3v) is 10.8. The first-order chi connectivity index (χ1) is 15.4. The molecule has 3 aromatic carbocycles. The molecule has 2 N–H and O–H groups in total. The number of esters is 1. The molecule has 2 aliphatic rings. The van der Waals surface area contributed by atoms with Crippen molar-refractivity contribution in [2.24, 2.45) is 0 Å². The van der Waals surface area contributed by atoms with Crippen molar-refractivity contribution in [1.82, 2.24) is 0 Å². The van der Waals surface area contributed by atoms with Crippen LogP contribution in [0.5, 0.6) is 23.0 Å². The molecule has 5 rings (SSSR count). The minimum absolute atomic E-state index is 0. The number of halogens is 8. The molecule has 3 aromatic rings. The number of aromatic hydroxyl groups is 2. The van der Waals surface area contributed by atoms with Gasteiger partial charge in [-0.05, 0) is 102 Å². The monoisotopic (exact) mass is 1050 g/mol. The maximum atomic E-state index is 13.3. The number of hydrogen-bond acceptors (Lipinski definition) is 5. The fourth-order valence-electron chi connectivity index (χ4n) is 3.93. The molecule has 0 atom stereocenters. The van der Waals surface area contributed by atoms with E-state index in [1.165, 1.54) is 0 Å². The van der Waals surface area contributed by atoms with E-state index in [0.717, 1.165) is 0 Å². The molecule has 35 heavy (non-hydrogen) atoms. The Hall–Kier alpha value is 3.88. The first-order valence-electron chi connectivity index (χ1n) is 8.63. The molecule has 174 valence electrons. The second kappa shape index (κ2) is 12.2. The number of phenolic OH excluding ortho intramolecular Hbond substituents is 2. The molecule has 1 spiro atoms. The van der Waals surface area contributed by atoms with Crippen LogP contribution in [0.25, 0.3) is 0 Å². The number of fused-ring (bicyclic) bond motifs is 6. The average molecular weight is 1050 g/mol. The quantitative estimate of drug-likeness (QED) is 0.0808. The molecule has 0 aliphatic carbocycles. The Labute approximate surface area is 358 Å². The topological polar surface area (TPSA) is 76.0 Å². The van der Waals surface area contributed by atoms with Crippen molar-refractivity contribution in [3.05, 3.63) is 68.8 Å². The number of carbonyl (C=O) groups excluding carboxylic acids is 1. The normalized spacial score (nSPS) is 14.2. The summed E-state index contributed by atoms with van der Waals surface area (Å²) < 4.78 is 14.1. The van der Waals surface area contributed by atoms with E-state index in [9.17, 15) is 15.0 Å². The third kappa shape index (κ3) is 4.99. The molecule has 0 fully saturated rings. The van der Waals surface area contributed by atoms with Crippen LogP contribution in [0, 0.1) is 14.3 Å². The fraction of sp³-hybridized carbons (Fsp3) is 0.0500. The predicted octanol–water partition coefficient (Wildman–Crippen LogP) is 7.40. The summed E-state index contributed by atoms with van der Waals surface area (Å²) in [7, 11) is 0. The summed E-state index contributed by atoms with van der Waals surface area (Å²) in [5.41, 5.74) is -0.574. The van der Waals surface area contributed by atoms with Gasteiger partial charge in [-0.3, -0.25) is 0 Å². The van der Waals surface area contributed by atoms with Crippen LogP contribution in [0.15, 0.2) is 12.1 Å². The number of hydrogen-bond donors (Lipinski definition) is 2. The molecule has 0 saturated heterocycles. The Morgan fingerprint density at radius 1 is 0.743 bits per heavy atom. The molecular formula is C20H6Cl4I4K2O5. The summed E-state index contributed by atoms with van der Waals surface area (Å²) in [5, 5.41) is 21.0. The zero-order chi connectivity index (χ0) is 24.1. The van der Waals surface area contributed by atoms with Crippen molar-refractivity contribution < 1.29 is 24.5 Å². The molecule has 2 heterocycles. The Balaban J connectivity index is 0.00000171. The van der Waals surface area contributed by atoms with Crippen LogP contribution in [0.3, 0.4) is 0 Å². The standard InChI is InChI=1S/C20H4Cl4I4O5.2K.2H/c21-9-7-8(10(22)12(24)11(9)23)20(33-19(7)31)3-1-5(25)15(29)13(27)17(3)32-18-4(20)2-6(26)16(30)14(18)28;;;;/h1-2,29-30H;;;;. The Morgan fingerprint density at radius 3 is 1.63 bits per heavy atom. The van der Waals surface area contributed by atoms with Crippen molar-refractivity contribution in [2.75, 3.05) is 0 Å². The van der Waals surface area contributed by atoms with Gasteiger partial charge in [0.25, 0.3) is 0 Å². The zero-order valence-electron chi connectivity index (χ0n) is 15.3. The van der Waals surface area contributed by atoms with Crippen molar-refractivity contribution >= 4 is 246 Å². The third-order valence-electron chi connectivity index (χ3n) is 5.33.